The minimum Gasteiger partial charge on any atom is -0.466 e. The molecule has 3 nitrogen and oxygen atoms in total. The molecule has 1 N–H and O–H groups in total. The molecule has 1 aromatic heterocycles. The van der Waals surface area contributed by atoms with Crippen LogP contribution in [0.2, 0.25) is 0 Å². The van der Waals surface area contributed by atoms with Crippen molar-refractivity contribution in [3.63, 3.8) is 0 Å². The van der Waals surface area contributed by atoms with Crippen molar-refractivity contribution in [1.82, 2.24) is 5.32 Å². The molecular weight excluding hydrogens is 250 g/mol. The molecule has 0 aliphatic heterocycles. The molecule has 0 spiro atoms. The monoisotopic (exact) mass is 271 g/mol. The number of nitrogens with one attached hydrogen (secondary N) is 1. The van der Waals surface area contributed by atoms with Crippen LogP contribution in [-0.2, 0) is 11.3 Å². The molecule has 2 aromatic rings. The lowest BCUT2D eigenvalue weighted by Crippen LogP contribution is -2.28. The second kappa shape index (κ2) is 6.42. The molecule has 20 heavy (non-hydrogen) atoms. The summed E-state index contributed by atoms with van der Waals surface area (Å²) in [6.45, 7) is 6.38. The van der Waals surface area contributed by atoms with Crippen LogP contribution in [0.15, 0.2) is 40.8 Å². The summed E-state index contributed by atoms with van der Waals surface area (Å²) in [5.74, 6) is 1.72. The number of carbonyl (C=O) groups is 1. The Kier molecular flexibility index (Phi) is 4.61. The van der Waals surface area contributed by atoms with E-state index < -0.39 is 0 Å². The molecule has 1 amide bonds. The third-order valence-electron chi connectivity index (χ3n) is 3.52. The van der Waals surface area contributed by atoms with Crippen molar-refractivity contribution >= 4 is 5.91 Å². The van der Waals surface area contributed by atoms with Crippen LogP contribution in [0.25, 0.3) is 0 Å². The average molecular weight is 271 g/mol. The van der Waals surface area contributed by atoms with Gasteiger partial charge in [0, 0.05) is 12.1 Å². The molecule has 3 heteroatoms. The third kappa shape index (κ3) is 3.29. The van der Waals surface area contributed by atoms with E-state index in [9.17, 15) is 4.79 Å². The molecule has 0 aliphatic carbocycles. The van der Waals surface area contributed by atoms with Crippen LogP contribution in [0.1, 0.15) is 41.9 Å². The van der Waals surface area contributed by atoms with Crippen LogP contribution in [-0.4, -0.2) is 5.91 Å². The molecular formula is C17H21NO2. The lowest BCUT2D eigenvalue weighted by Gasteiger charge is -2.15. The molecule has 0 saturated heterocycles. The Morgan fingerprint density at radius 3 is 2.50 bits per heavy atom. The van der Waals surface area contributed by atoms with Gasteiger partial charge in [-0.3, -0.25) is 4.79 Å². The highest BCUT2D eigenvalue weighted by Crippen LogP contribution is 2.20. The summed E-state index contributed by atoms with van der Waals surface area (Å²) in [4.78, 5) is 12.3. The molecule has 1 atom stereocenters. The fraction of sp³-hybridized carbons (Fsp3) is 0.353. The Hall–Kier alpha value is -2.03. The van der Waals surface area contributed by atoms with Gasteiger partial charge < -0.3 is 9.73 Å². The highest BCUT2D eigenvalue weighted by molar-refractivity contribution is 5.83. The van der Waals surface area contributed by atoms with E-state index in [0.29, 0.717) is 6.54 Å². The standard InChI is InChI=1S/C17H21NO2/c1-4-16(14-8-6-5-7-9-14)17(19)18-11-15-10-12(2)20-13(15)3/h5-10,16H,4,11H2,1-3H3,(H,18,19)/t16-/m0/s1. The SMILES string of the molecule is CC[C@H](C(=O)NCc1cc(C)oc1C)c1ccccc1. The predicted octanol–water partition coefficient (Wildman–Crippen LogP) is 3.71. The van der Waals surface area contributed by atoms with E-state index in [0.717, 1.165) is 29.1 Å². The molecule has 0 saturated carbocycles. The second-order valence-electron chi connectivity index (χ2n) is 5.03. The molecule has 2 rings (SSSR count). The quantitative estimate of drug-likeness (QED) is 0.900. The van der Waals surface area contributed by atoms with Crippen LogP contribution in [0, 0.1) is 13.8 Å². The van der Waals surface area contributed by atoms with Crippen molar-refractivity contribution in [2.75, 3.05) is 0 Å². The lowest BCUT2D eigenvalue weighted by atomic mass is 9.95. The zero-order valence-corrected chi connectivity index (χ0v) is 12.3. The summed E-state index contributed by atoms with van der Waals surface area (Å²) >= 11 is 0. The van der Waals surface area contributed by atoms with E-state index in [1.54, 1.807) is 0 Å². The van der Waals surface area contributed by atoms with E-state index >= 15 is 0 Å². The van der Waals surface area contributed by atoms with Crippen LogP contribution >= 0.6 is 0 Å². The van der Waals surface area contributed by atoms with Crippen LogP contribution < -0.4 is 5.32 Å². The van der Waals surface area contributed by atoms with Crippen LogP contribution in [0.3, 0.4) is 0 Å². The van der Waals surface area contributed by atoms with Gasteiger partial charge >= 0.3 is 0 Å². The number of carbonyl (C=O) groups excluding carboxylic acids is 1. The number of aryl methyl sites for hydroxylation is 2. The maximum atomic E-state index is 12.3. The van der Waals surface area contributed by atoms with E-state index in [2.05, 4.69) is 5.32 Å². The predicted molar refractivity (Wildman–Crippen MR) is 79.5 cm³/mol. The van der Waals surface area contributed by atoms with Crippen molar-refractivity contribution in [2.24, 2.45) is 0 Å². The number of amides is 1. The van der Waals surface area contributed by atoms with Gasteiger partial charge in [0.15, 0.2) is 0 Å². The average Bonchev–Trinajstić information content (AvgIpc) is 2.77. The number of benzene rings is 1. The maximum absolute atomic E-state index is 12.3. The summed E-state index contributed by atoms with van der Waals surface area (Å²) in [6.07, 6.45) is 0.791. The zero-order valence-electron chi connectivity index (χ0n) is 12.3. The zero-order chi connectivity index (χ0) is 14.5. The van der Waals surface area contributed by atoms with Gasteiger partial charge in [-0.05, 0) is 31.9 Å². The van der Waals surface area contributed by atoms with Crippen molar-refractivity contribution in [1.29, 1.82) is 0 Å². The normalized spacial score (nSPS) is 12.2. The Bertz CT molecular complexity index is 572. The van der Waals surface area contributed by atoms with Gasteiger partial charge in [-0.25, -0.2) is 0 Å². The first-order valence-corrected chi connectivity index (χ1v) is 7.00. The first-order chi connectivity index (χ1) is 9.61. The molecule has 1 aromatic carbocycles. The number of rotatable bonds is 5. The summed E-state index contributed by atoms with van der Waals surface area (Å²) < 4.78 is 5.47. The van der Waals surface area contributed by atoms with E-state index in [-0.39, 0.29) is 11.8 Å². The molecule has 0 bridgehead atoms. The Labute approximate surface area is 120 Å². The highest BCUT2D eigenvalue weighted by Gasteiger charge is 2.18. The first-order valence-electron chi connectivity index (χ1n) is 7.00. The summed E-state index contributed by atoms with van der Waals surface area (Å²) in [7, 11) is 0. The second-order valence-corrected chi connectivity index (χ2v) is 5.03. The topological polar surface area (TPSA) is 42.2 Å². The smallest absolute Gasteiger partial charge is 0.227 e. The Morgan fingerprint density at radius 1 is 1.25 bits per heavy atom. The van der Waals surface area contributed by atoms with Gasteiger partial charge in [0.05, 0.1) is 5.92 Å². The van der Waals surface area contributed by atoms with Gasteiger partial charge in [0.2, 0.25) is 5.91 Å². The van der Waals surface area contributed by atoms with Crippen molar-refractivity contribution in [2.45, 2.75) is 39.7 Å². The van der Waals surface area contributed by atoms with E-state index in [4.69, 9.17) is 4.42 Å². The van der Waals surface area contributed by atoms with Gasteiger partial charge in [-0.1, -0.05) is 37.3 Å². The van der Waals surface area contributed by atoms with Crippen molar-refractivity contribution in [3.8, 4) is 0 Å². The summed E-state index contributed by atoms with van der Waals surface area (Å²) in [6, 6.07) is 11.9. The third-order valence-corrected chi connectivity index (χ3v) is 3.52. The fourth-order valence-electron chi connectivity index (χ4n) is 2.42. The van der Waals surface area contributed by atoms with E-state index in [1.165, 1.54) is 0 Å². The molecule has 0 radical (unpaired) electrons. The van der Waals surface area contributed by atoms with Crippen LogP contribution in [0.4, 0.5) is 0 Å². The molecule has 0 aliphatic rings. The molecule has 1 heterocycles. The van der Waals surface area contributed by atoms with Gasteiger partial charge in [-0.15, -0.1) is 0 Å². The minimum absolute atomic E-state index is 0.0666. The van der Waals surface area contributed by atoms with Crippen LogP contribution in [0.5, 0.6) is 0 Å². The number of hydrogen-bond acceptors (Lipinski definition) is 2. The van der Waals surface area contributed by atoms with Gasteiger partial charge in [0.25, 0.3) is 0 Å². The van der Waals surface area contributed by atoms with Crippen molar-refractivity contribution < 1.29 is 9.21 Å². The first kappa shape index (κ1) is 14.4. The summed E-state index contributed by atoms with van der Waals surface area (Å²) in [5, 5.41) is 3.00. The fourth-order valence-corrected chi connectivity index (χ4v) is 2.42. The van der Waals surface area contributed by atoms with Gasteiger partial charge in [0.1, 0.15) is 11.5 Å². The number of hydrogen-bond donors (Lipinski definition) is 1. The summed E-state index contributed by atoms with van der Waals surface area (Å²) in [5.41, 5.74) is 2.10. The lowest BCUT2D eigenvalue weighted by molar-refractivity contribution is -0.122. The minimum atomic E-state index is -0.0931. The molecule has 0 fully saturated rings. The van der Waals surface area contributed by atoms with Crippen molar-refractivity contribution in [3.05, 3.63) is 59.0 Å². The maximum Gasteiger partial charge on any atom is 0.227 e. The Balaban J connectivity index is 2.02. The van der Waals surface area contributed by atoms with Gasteiger partial charge in [-0.2, -0.15) is 0 Å². The molecule has 0 unspecified atom stereocenters. The van der Waals surface area contributed by atoms with E-state index in [1.807, 2.05) is 57.2 Å². The largest absolute Gasteiger partial charge is 0.466 e. The number of furan rings is 1. The Morgan fingerprint density at radius 2 is 1.95 bits per heavy atom. The molecule has 106 valence electrons. The highest BCUT2D eigenvalue weighted by atomic mass is 16.3.